The van der Waals surface area contributed by atoms with E-state index in [1.54, 1.807) is 7.11 Å². The summed E-state index contributed by atoms with van der Waals surface area (Å²) in [7, 11) is 1.66. The molecule has 2 aromatic rings. The first kappa shape index (κ1) is 17.3. The summed E-state index contributed by atoms with van der Waals surface area (Å²) in [6, 6.07) is 16.0. The molecule has 2 aromatic carbocycles. The van der Waals surface area contributed by atoms with Crippen LogP contribution < -0.4 is 9.47 Å². The topological polar surface area (TPSA) is 38.8 Å². The lowest BCUT2D eigenvalue weighted by molar-refractivity contribution is -0.134. The van der Waals surface area contributed by atoms with Crippen LogP contribution in [0.1, 0.15) is 36.9 Å². The van der Waals surface area contributed by atoms with Crippen LogP contribution in [0.15, 0.2) is 48.5 Å². The zero-order valence-corrected chi connectivity index (χ0v) is 14.9. The Morgan fingerprint density at radius 2 is 1.92 bits per heavy atom. The smallest absolute Gasteiger partial charge is 0.261 e. The molecule has 4 heteroatoms. The van der Waals surface area contributed by atoms with Crippen molar-refractivity contribution in [3.05, 3.63) is 59.7 Å². The Kier molecular flexibility index (Phi) is 5.59. The lowest BCUT2D eigenvalue weighted by atomic mass is 10.0. The van der Waals surface area contributed by atoms with Crippen LogP contribution in [0.5, 0.6) is 11.5 Å². The zero-order valence-electron chi connectivity index (χ0n) is 14.9. The molecule has 1 aliphatic heterocycles. The second-order valence-electron chi connectivity index (χ2n) is 6.27. The molecule has 1 atom stereocenters. The fourth-order valence-corrected chi connectivity index (χ4v) is 3.40. The molecule has 4 nitrogen and oxygen atoms in total. The summed E-state index contributed by atoms with van der Waals surface area (Å²) in [6.45, 7) is 2.96. The van der Waals surface area contributed by atoms with E-state index in [9.17, 15) is 4.79 Å². The number of likely N-dealkylation sites (tertiary alicyclic amines) is 1. The molecule has 3 rings (SSSR count). The minimum Gasteiger partial charge on any atom is -0.497 e. The molecule has 0 radical (unpaired) electrons. The summed E-state index contributed by atoms with van der Waals surface area (Å²) < 4.78 is 11.0. The number of methoxy groups -OCH3 is 1. The Bertz CT molecular complexity index is 711. The fourth-order valence-electron chi connectivity index (χ4n) is 3.40. The normalized spacial score (nSPS) is 16.7. The molecule has 0 aliphatic carbocycles. The van der Waals surface area contributed by atoms with Gasteiger partial charge in [0.2, 0.25) is 0 Å². The molecule has 0 spiro atoms. The van der Waals surface area contributed by atoms with Crippen molar-refractivity contribution in [3.8, 4) is 11.5 Å². The van der Waals surface area contributed by atoms with E-state index in [1.165, 1.54) is 0 Å². The van der Waals surface area contributed by atoms with Crippen LogP contribution in [0.25, 0.3) is 0 Å². The van der Waals surface area contributed by atoms with Crippen molar-refractivity contribution in [2.24, 2.45) is 0 Å². The number of hydrogen-bond donors (Lipinski definition) is 0. The van der Waals surface area contributed by atoms with Gasteiger partial charge in [-0.05, 0) is 48.6 Å². The molecule has 25 heavy (non-hydrogen) atoms. The van der Waals surface area contributed by atoms with Crippen molar-refractivity contribution in [2.75, 3.05) is 20.3 Å². The van der Waals surface area contributed by atoms with Gasteiger partial charge in [-0.25, -0.2) is 0 Å². The van der Waals surface area contributed by atoms with Crippen LogP contribution >= 0.6 is 0 Å². The molecular formula is C21H25NO3. The van der Waals surface area contributed by atoms with E-state index in [1.807, 2.05) is 53.4 Å². The van der Waals surface area contributed by atoms with Gasteiger partial charge < -0.3 is 14.4 Å². The van der Waals surface area contributed by atoms with E-state index in [-0.39, 0.29) is 18.6 Å². The summed E-state index contributed by atoms with van der Waals surface area (Å²) in [6.07, 6.45) is 2.90. The van der Waals surface area contributed by atoms with Gasteiger partial charge in [0.05, 0.1) is 13.2 Å². The number of hydrogen-bond acceptors (Lipinski definition) is 3. The van der Waals surface area contributed by atoms with Crippen LogP contribution in [0.2, 0.25) is 0 Å². The Morgan fingerprint density at radius 3 is 2.64 bits per heavy atom. The van der Waals surface area contributed by atoms with E-state index >= 15 is 0 Å². The van der Waals surface area contributed by atoms with Crippen LogP contribution in [0.3, 0.4) is 0 Å². The summed E-state index contributed by atoms with van der Waals surface area (Å²) in [5, 5.41) is 0. The third-order valence-electron chi connectivity index (χ3n) is 4.78. The number of carbonyl (C=O) groups is 1. The number of benzene rings is 2. The second-order valence-corrected chi connectivity index (χ2v) is 6.27. The number of rotatable bonds is 6. The molecule has 0 bridgehead atoms. The highest BCUT2D eigenvalue weighted by Gasteiger charge is 2.30. The molecule has 0 saturated carbocycles. The maximum Gasteiger partial charge on any atom is 0.261 e. The van der Waals surface area contributed by atoms with Gasteiger partial charge >= 0.3 is 0 Å². The molecule has 1 amide bonds. The average Bonchev–Trinajstić information content (AvgIpc) is 3.16. The van der Waals surface area contributed by atoms with Crippen LogP contribution in [-0.2, 0) is 11.2 Å². The van der Waals surface area contributed by atoms with Crippen LogP contribution in [0.4, 0.5) is 0 Å². The Morgan fingerprint density at radius 1 is 1.16 bits per heavy atom. The number of amides is 1. The summed E-state index contributed by atoms with van der Waals surface area (Å²) in [5.74, 6) is 1.68. The van der Waals surface area contributed by atoms with Gasteiger partial charge in [0.1, 0.15) is 11.5 Å². The van der Waals surface area contributed by atoms with Gasteiger partial charge in [0.15, 0.2) is 6.61 Å². The van der Waals surface area contributed by atoms with Crippen molar-refractivity contribution in [2.45, 2.75) is 32.2 Å². The van der Waals surface area contributed by atoms with Gasteiger partial charge in [0.25, 0.3) is 5.91 Å². The van der Waals surface area contributed by atoms with Crippen molar-refractivity contribution in [1.29, 1.82) is 0 Å². The van der Waals surface area contributed by atoms with Gasteiger partial charge in [0, 0.05) is 6.54 Å². The zero-order chi connectivity index (χ0) is 17.6. The van der Waals surface area contributed by atoms with E-state index in [0.717, 1.165) is 48.4 Å². The molecule has 0 N–H and O–H groups in total. The predicted molar refractivity (Wildman–Crippen MR) is 98.0 cm³/mol. The highest BCUT2D eigenvalue weighted by atomic mass is 16.5. The molecule has 0 aromatic heterocycles. The molecular weight excluding hydrogens is 314 g/mol. The van der Waals surface area contributed by atoms with E-state index in [0.29, 0.717) is 0 Å². The molecule has 1 unspecified atom stereocenters. The predicted octanol–water partition coefficient (Wildman–Crippen LogP) is 4.00. The molecule has 1 fully saturated rings. The van der Waals surface area contributed by atoms with E-state index in [4.69, 9.17) is 9.47 Å². The number of carbonyl (C=O) groups excluding carboxylic acids is 1. The highest BCUT2D eigenvalue weighted by molar-refractivity contribution is 5.78. The molecule has 1 heterocycles. The van der Waals surface area contributed by atoms with Gasteiger partial charge in [-0.1, -0.05) is 37.3 Å². The van der Waals surface area contributed by atoms with E-state index < -0.39 is 0 Å². The fraction of sp³-hybridized carbons (Fsp3) is 0.381. The third kappa shape index (κ3) is 3.95. The van der Waals surface area contributed by atoms with E-state index in [2.05, 4.69) is 6.92 Å². The van der Waals surface area contributed by atoms with Gasteiger partial charge in [-0.15, -0.1) is 0 Å². The molecule has 1 saturated heterocycles. The average molecular weight is 339 g/mol. The Balaban J connectivity index is 1.66. The number of para-hydroxylation sites is 1. The lowest BCUT2D eigenvalue weighted by Gasteiger charge is -2.25. The Labute approximate surface area is 149 Å². The minimum atomic E-state index is 0.0456. The first-order chi connectivity index (χ1) is 12.2. The van der Waals surface area contributed by atoms with Crippen LogP contribution in [0, 0.1) is 0 Å². The number of ether oxygens (including phenoxy) is 2. The van der Waals surface area contributed by atoms with Crippen LogP contribution in [-0.4, -0.2) is 31.1 Å². The van der Waals surface area contributed by atoms with Crippen molar-refractivity contribution in [3.63, 3.8) is 0 Å². The monoisotopic (exact) mass is 339 g/mol. The summed E-state index contributed by atoms with van der Waals surface area (Å²) in [4.78, 5) is 14.6. The largest absolute Gasteiger partial charge is 0.497 e. The Hall–Kier alpha value is -2.49. The quantitative estimate of drug-likeness (QED) is 0.798. The maximum atomic E-state index is 12.7. The highest BCUT2D eigenvalue weighted by Crippen LogP contribution is 2.33. The molecule has 132 valence electrons. The lowest BCUT2D eigenvalue weighted by Crippen LogP contribution is -2.34. The number of aryl methyl sites for hydroxylation is 1. The summed E-state index contributed by atoms with van der Waals surface area (Å²) >= 11 is 0. The first-order valence-electron chi connectivity index (χ1n) is 8.87. The van der Waals surface area contributed by atoms with Crippen molar-refractivity contribution in [1.82, 2.24) is 4.90 Å². The van der Waals surface area contributed by atoms with Gasteiger partial charge in [-0.2, -0.15) is 0 Å². The van der Waals surface area contributed by atoms with Crippen molar-refractivity contribution >= 4 is 5.91 Å². The standard InChI is InChI=1S/C21H25NO3/c1-3-16-7-4-5-9-20(16)25-15-21(23)22-14-6-8-19(22)17-10-12-18(24-2)13-11-17/h4-5,7,9-13,19H,3,6,8,14-15H2,1-2H3. The van der Waals surface area contributed by atoms with Gasteiger partial charge in [-0.3, -0.25) is 4.79 Å². The number of nitrogens with zero attached hydrogens (tertiary/aromatic N) is 1. The van der Waals surface area contributed by atoms with Crippen molar-refractivity contribution < 1.29 is 14.3 Å². The third-order valence-corrected chi connectivity index (χ3v) is 4.78. The first-order valence-corrected chi connectivity index (χ1v) is 8.87. The SMILES string of the molecule is CCc1ccccc1OCC(=O)N1CCCC1c1ccc(OC)cc1. The summed E-state index contributed by atoms with van der Waals surface area (Å²) in [5.41, 5.74) is 2.28. The maximum absolute atomic E-state index is 12.7. The second kappa shape index (κ2) is 8.06. The minimum absolute atomic E-state index is 0.0456. The molecule has 1 aliphatic rings.